The normalized spacial score (nSPS) is 23.5. The molecule has 0 atom stereocenters. The van der Waals surface area contributed by atoms with Crippen LogP contribution in [0.15, 0.2) is 0 Å². The molecule has 0 aromatic rings. The molecule has 0 aromatic carbocycles. The lowest BCUT2D eigenvalue weighted by Crippen LogP contribution is -2.47. The van der Waals surface area contributed by atoms with E-state index in [0.717, 1.165) is 45.5 Å². The average Bonchev–Trinajstić information content (AvgIpc) is 3.19. The lowest BCUT2D eigenvalue weighted by atomic mass is 9.79. The van der Waals surface area contributed by atoms with Gasteiger partial charge < -0.3 is 19.7 Å². The van der Waals surface area contributed by atoms with Crippen LogP contribution in [0.3, 0.4) is 0 Å². The Labute approximate surface area is 111 Å². The number of ether oxygens (including phenoxy) is 2. The standard InChI is InChI=1S/C14H28N2O2/c1-16(7-10-17-2)12-14(5-8-18-9-6-14)11-15-13-3-4-13/h13,15H,3-12H2,1-2H3. The van der Waals surface area contributed by atoms with Crippen LogP contribution in [0.2, 0.25) is 0 Å². The molecule has 1 N–H and O–H groups in total. The number of nitrogens with one attached hydrogen (secondary N) is 1. The van der Waals surface area contributed by atoms with E-state index in [-0.39, 0.29) is 0 Å². The van der Waals surface area contributed by atoms with Crippen LogP contribution in [0.4, 0.5) is 0 Å². The van der Waals surface area contributed by atoms with Crippen LogP contribution >= 0.6 is 0 Å². The van der Waals surface area contributed by atoms with Crippen molar-refractivity contribution in [3.05, 3.63) is 0 Å². The van der Waals surface area contributed by atoms with Crippen LogP contribution in [0.5, 0.6) is 0 Å². The Kier molecular flexibility index (Phi) is 5.42. The van der Waals surface area contributed by atoms with Gasteiger partial charge in [0, 0.05) is 46.0 Å². The Morgan fingerprint density at radius 3 is 2.67 bits per heavy atom. The molecule has 106 valence electrons. The second-order valence-corrected chi connectivity index (χ2v) is 6.00. The predicted octanol–water partition coefficient (Wildman–Crippen LogP) is 1.11. The number of rotatable bonds is 8. The van der Waals surface area contributed by atoms with Gasteiger partial charge in [-0.15, -0.1) is 0 Å². The molecule has 1 heterocycles. The first-order valence-corrected chi connectivity index (χ1v) is 7.23. The highest BCUT2D eigenvalue weighted by Gasteiger charge is 2.35. The van der Waals surface area contributed by atoms with Crippen molar-refractivity contribution < 1.29 is 9.47 Å². The van der Waals surface area contributed by atoms with Crippen LogP contribution in [0, 0.1) is 5.41 Å². The number of methoxy groups -OCH3 is 1. The molecule has 0 bridgehead atoms. The molecule has 1 saturated carbocycles. The molecular formula is C14H28N2O2. The maximum atomic E-state index is 5.54. The maximum absolute atomic E-state index is 5.54. The third-order valence-corrected chi connectivity index (χ3v) is 4.18. The van der Waals surface area contributed by atoms with Gasteiger partial charge in [-0.05, 0) is 38.1 Å². The van der Waals surface area contributed by atoms with Gasteiger partial charge in [-0.2, -0.15) is 0 Å². The van der Waals surface area contributed by atoms with E-state index in [2.05, 4.69) is 17.3 Å². The molecule has 0 aromatic heterocycles. The Bertz CT molecular complexity index is 238. The molecule has 1 aliphatic heterocycles. The van der Waals surface area contributed by atoms with E-state index >= 15 is 0 Å². The minimum absolute atomic E-state index is 0.406. The molecule has 2 fully saturated rings. The Balaban J connectivity index is 1.81. The van der Waals surface area contributed by atoms with Gasteiger partial charge in [-0.25, -0.2) is 0 Å². The highest BCUT2D eigenvalue weighted by atomic mass is 16.5. The number of nitrogens with zero attached hydrogens (tertiary/aromatic N) is 1. The van der Waals surface area contributed by atoms with E-state index in [0.29, 0.717) is 5.41 Å². The monoisotopic (exact) mass is 256 g/mol. The lowest BCUT2D eigenvalue weighted by Gasteiger charge is -2.40. The van der Waals surface area contributed by atoms with Gasteiger partial charge >= 0.3 is 0 Å². The van der Waals surface area contributed by atoms with Gasteiger partial charge in [-0.3, -0.25) is 0 Å². The van der Waals surface area contributed by atoms with Gasteiger partial charge in [0.1, 0.15) is 0 Å². The molecule has 4 heteroatoms. The second-order valence-electron chi connectivity index (χ2n) is 6.00. The molecule has 2 aliphatic rings. The molecule has 18 heavy (non-hydrogen) atoms. The van der Waals surface area contributed by atoms with Crippen molar-refractivity contribution in [3.63, 3.8) is 0 Å². The minimum Gasteiger partial charge on any atom is -0.383 e. The van der Waals surface area contributed by atoms with E-state index in [9.17, 15) is 0 Å². The Hall–Kier alpha value is -0.160. The summed E-state index contributed by atoms with van der Waals surface area (Å²) in [6.07, 6.45) is 5.10. The van der Waals surface area contributed by atoms with E-state index in [1.54, 1.807) is 7.11 Å². The SMILES string of the molecule is COCCN(C)CC1(CNC2CC2)CCOCC1. The van der Waals surface area contributed by atoms with Crippen LogP contribution in [-0.2, 0) is 9.47 Å². The maximum Gasteiger partial charge on any atom is 0.0589 e. The highest BCUT2D eigenvalue weighted by molar-refractivity contribution is 4.90. The summed E-state index contributed by atoms with van der Waals surface area (Å²) in [6, 6.07) is 0.800. The first-order chi connectivity index (χ1) is 8.74. The predicted molar refractivity (Wildman–Crippen MR) is 72.9 cm³/mol. The number of hydrogen-bond donors (Lipinski definition) is 1. The van der Waals surface area contributed by atoms with Crippen molar-refractivity contribution in [3.8, 4) is 0 Å². The van der Waals surface area contributed by atoms with Crippen molar-refractivity contribution in [1.82, 2.24) is 10.2 Å². The zero-order valence-corrected chi connectivity index (χ0v) is 11.9. The molecule has 1 saturated heterocycles. The van der Waals surface area contributed by atoms with Crippen molar-refractivity contribution in [2.75, 3.05) is 53.6 Å². The molecule has 4 nitrogen and oxygen atoms in total. The summed E-state index contributed by atoms with van der Waals surface area (Å²) in [5.74, 6) is 0. The Morgan fingerprint density at radius 1 is 1.33 bits per heavy atom. The molecule has 0 spiro atoms. The highest BCUT2D eigenvalue weighted by Crippen LogP contribution is 2.32. The van der Waals surface area contributed by atoms with E-state index < -0.39 is 0 Å². The quantitative estimate of drug-likeness (QED) is 0.705. The summed E-state index contributed by atoms with van der Waals surface area (Å²) < 4.78 is 10.7. The van der Waals surface area contributed by atoms with Gasteiger partial charge in [0.2, 0.25) is 0 Å². The molecule has 2 rings (SSSR count). The second kappa shape index (κ2) is 6.85. The van der Waals surface area contributed by atoms with E-state index in [1.165, 1.54) is 25.7 Å². The topological polar surface area (TPSA) is 33.7 Å². The summed E-state index contributed by atoms with van der Waals surface area (Å²) in [5.41, 5.74) is 0.406. The number of hydrogen-bond acceptors (Lipinski definition) is 4. The van der Waals surface area contributed by atoms with E-state index in [1.807, 2.05) is 0 Å². The molecular weight excluding hydrogens is 228 g/mol. The third-order valence-electron chi connectivity index (χ3n) is 4.18. The van der Waals surface area contributed by atoms with Crippen molar-refractivity contribution in [2.45, 2.75) is 31.7 Å². The van der Waals surface area contributed by atoms with Crippen molar-refractivity contribution in [2.24, 2.45) is 5.41 Å². The summed E-state index contributed by atoms with van der Waals surface area (Å²) in [4.78, 5) is 2.41. The van der Waals surface area contributed by atoms with Crippen molar-refractivity contribution >= 4 is 0 Å². The lowest BCUT2D eigenvalue weighted by molar-refractivity contribution is -0.00339. The largest absolute Gasteiger partial charge is 0.383 e. The smallest absolute Gasteiger partial charge is 0.0589 e. The third kappa shape index (κ3) is 4.50. The summed E-state index contributed by atoms with van der Waals surface area (Å²) >= 11 is 0. The van der Waals surface area contributed by atoms with Gasteiger partial charge in [0.25, 0.3) is 0 Å². The van der Waals surface area contributed by atoms with E-state index in [4.69, 9.17) is 9.47 Å². The van der Waals surface area contributed by atoms with Crippen LogP contribution < -0.4 is 5.32 Å². The zero-order chi connectivity index (χ0) is 12.8. The fraction of sp³-hybridized carbons (Fsp3) is 1.00. The Morgan fingerprint density at radius 2 is 2.06 bits per heavy atom. The first-order valence-electron chi connectivity index (χ1n) is 7.23. The van der Waals surface area contributed by atoms with Crippen LogP contribution in [0.25, 0.3) is 0 Å². The van der Waals surface area contributed by atoms with Gasteiger partial charge in [0.15, 0.2) is 0 Å². The molecule has 0 unspecified atom stereocenters. The summed E-state index contributed by atoms with van der Waals surface area (Å²) in [5, 5.41) is 3.72. The summed E-state index contributed by atoms with van der Waals surface area (Å²) in [6.45, 7) is 5.98. The fourth-order valence-corrected chi connectivity index (χ4v) is 2.74. The van der Waals surface area contributed by atoms with Crippen molar-refractivity contribution in [1.29, 1.82) is 0 Å². The van der Waals surface area contributed by atoms with Gasteiger partial charge in [0.05, 0.1) is 6.61 Å². The zero-order valence-electron chi connectivity index (χ0n) is 11.9. The fourth-order valence-electron chi connectivity index (χ4n) is 2.74. The van der Waals surface area contributed by atoms with Gasteiger partial charge in [-0.1, -0.05) is 0 Å². The van der Waals surface area contributed by atoms with Crippen LogP contribution in [0.1, 0.15) is 25.7 Å². The average molecular weight is 256 g/mol. The molecule has 1 aliphatic carbocycles. The van der Waals surface area contributed by atoms with Crippen LogP contribution in [-0.4, -0.2) is 64.6 Å². The first kappa shape index (κ1) is 14.3. The molecule has 0 amide bonds. The summed E-state index contributed by atoms with van der Waals surface area (Å²) in [7, 11) is 3.97. The molecule has 0 radical (unpaired) electrons. The minimum atomic E-state index is 0.406. The number of likely N-dealkylation sites (N-methyl/N-ethyl adjacent to an activating group) is 1.